The van der Waals surface area contributed by atoms with E-state index >= 15 is 0 Å². The first kappa shape index (κ1) is 27.3. The van der Waals surface area contributed by atoms with E-state index in [4.69, 9.17) is 33.7 Å². The number of nitrogens with zero attached hydrogens (tertiary/aromatic N) is 2. The molecule has 0 radical (unpaired) electrons. The maximum atomic E-state index is 10.2. The van der Waals surface area contributed by atoms with Crippen molar-refractivity contribution >= 4 is 11.8 Å². The van der Waals surface area contributed by atoms with Gasteiger partial charge in [0.1, 0.15) is 30.4 Å². The van der Waals surface area contributed by atoms with Crippen LogP contribution >= 0.6 is 0 Å². The highest BCUT2D eigenvalue weighted by Crippen LogP contribution is 2.32. The third-order valence-corrected chi connectivity index (χ3v) is 6.75. The lowest BCUT2D eigenvalue weighted by atomic mass is 9.98. The number of methoxy groups -OCH3 is 2. The molecule has 1 N–H and O–H groups in total. The molecule has 6 atom stereocenters. The van der Waals surface area contributed by atoms with Crippen molar-refractivity contribution in [1.29, 1.82) is 0 Å². The van der Waals surface area contributed by atoms with Crippen molar-refractivity contribution in [3.63, 3.8) is 0 Å². The molecule has 1 fully saturated rings. The molecule has 0 amide bonds. The molecule has 2 aromatic rings. The number of aliphatic hydroxyl groups excluding tert-OH is 1. The van der Waals surface area contributed by atoms with Crippen molar-refractivity contribution < 1.29 is 28.8 Å². The highest BCUT2D eigenvalue weighted by Gasteiger charge is 2.48. The molecule has 2 aliphatic heterocycles. The molecular weight excluding hydrogens is 472 g/mol. The van der Waals surface area contributed by atoms with Gasteiger partial charge in [-0.15, -0.1) is 0 Å². The molecule has 0 aliphatic carbocycles. The first-order chi connectivity index (χ1) is 18.0. The van der Waals surface area contributed by atoms with Crippen LogP contribution in [0.15, 0.2) is 70.6 Å². The topological polar surface area (TPSA) is 91.1 Å². The summed E-state index contributed by atoms with van der Waals surface area (Å²) in [6.45, 7) is 4.75. The van der Waals surface area contributed by atoms with Crippen LogP contribution in [0.1, 0.15) is 31.4 Å². The maximum Gasteiger partial charge on any atom is 0.209 e. The fourth-order valence-electron chi connectivity index (χ4n) is 4.81. The number of rotatable bonds is 10. The Balaban J connectivity index is 1.56. The van der Waals surface area contributed by atoms with Gasteiger partial charge in [-0.25, -0.2) is 9.98 Å². The zero-order valence-electron chi connectivity index (χ0n) is 22.0. The number of ether oxygens (including phenoxy) is 5. The van der Waals surface area contributed by atoms with E-state index in [1.165, 1.54) is 0 Å². The number of aliphatic hydroxyl groups is 1. The number of hydrogen-bond donors (Lipinski definition) is 1. The van der Waals surface area contributed by atoms with Crippen molar-refractivity contribution in [1.82, 2.24) is 0 Å². The van der Waals surface area contributed by atoms with E-state index in [1.807, 2.05) is 60.7 Å². The predicted molar refractivity (Wildman–Crippen MR) is 142 cm³/mol. The Hall–Kier alpha value is -2.78. The molecule has 4 rings (SSSR count). The summed E-state index contributed by atoms with van der Waals surface area (Å²) in [6, 6.07) is 19.3. The van der Waals surface area contributed by atoms with Crippen LogP contribution in [-0.2, 0) is 36.9 Å². The van der Waals surface area contributed by atoms with Crippen LogP contribution in [0.5, 0.6) is 0 Å². The van der Waals surface area contributed by atoms with Gasteiger partial charge in [0, 0.05) is 6.42 Å². The van der Waals surface area contributed by atoms with E-state index < -0.39 is 30.5 Å². The van der Waals surface area contributed by atoms with Gasteiger partial charge in [0.2, 0.25) is 11.8 Å². The number of aliphatic imine (C=N–C) groups is 2. The Morgan fingerprint density at radius 2 is 1.32 bits per heavy atom. The fraction of sp³-hybridized carbons (Fsp3) is 0.517. The molecule has 200 valence electrons. The van der Waals surface area contributed by atoms with Gasteiger partial charge in [-0.3, -0.25) is 0 Å². The Morgan fingerprint density at radius 1 is 0.784 bits per heavy atom. The van der Waals surface area contributed by atoms with Gasteiger partial charge in [0.15, 0.2) is 0 Å². The van der Waals surface area contributed by atoms with Gasteiger partial charge in [0.25, 0.3) is 0 Å². The smallest absolute Gasteiger partial charge is 0.209 e. The predicted octanol–water partition coefficient (Wildman–Crippen LogP) is 3.80. The average Bonchev–Trinajstić information content (AvgIpc) is 3.27. The monoisotopic (exact) mass is 510 g/mol. The summed E-state index contributed by atoms with van der Waals surface area (Å²) in [5.41, 5.74) is 2.09. The molecule has 0 bridgehead atoms. The molecule has 0 unspecified atom stereocenters. The summed E-state index contributed by atoms with van der Waals surface area (Å²) in [5.74, 6) is 1.33. The molecule has 37 heavy (non-hydrogen) atoms. The second-order valence-corrected chi connectivity index (χ2v) is 9.70. The summed E-state index contributed by atoms with van der Waals surface area (Å²) < 4.78 is 30.3. The summed E-state index contributed by atoms with van der Waals surface area (Å²) in [7, 11) is 3.23. The molecule has 2 aliphatic rings. The standard InChI is InChI=1S/C29H38N2O6/c1-19(2)25-29(34-4)30-22(28(31-25)33-3)15-23-26(35-17-20-11-7-5-8-12-20)27(24(16-32)37-23)36-18-21-13-9-6-10-14-21/h5-14,19,22-27,32H,15-18H2,1-4H3/t22-,23-,24+,25+,26+,27+/m0/s1. The second kappa shape index (κ2) is 13.1. The third-order valence-electron chi connectivity index (χ3n) is 6.75. The van der Waals surface area contributed by atoms with E-state index in [0.717, 1.165) is 11.1 Å². The minimum Gasteiger partial charge on any atom is -0.483 e. The van der Waals surface area contributed by atoms with Crippen molar-refractivity contribution in [3.05, 3.63) is 71.8 Å². The first-order valence-corrected chi connectivity index (χ1v) is 12.8. The molecule has 0 aromatic heterocycles. The van der Waals surface area contributed by atoms with Gasteiger partial charge in [-0.2, -0.15) is 0 Å². The van der Waals surface area contributed by atoms with E-state index in [0.29, 0.717) is 31.4 Å². The van der Waals surface area contributed by atoms with Crippen LogP contribution in [0, 0.1) is 5.92 Å². The third kappa shape index (κ3) is 6.76. The Bertz CT molecular complexity index is 1030. The van der Waals surface area contributed by atoms with Crippen LogP contribution in [0.3, 0.4) is 0 Å². The normalized spacial score (nSPS) is 27.6. The molecule has 2 heterocycles. The van der Waals surface area contributed by atoms with Crippen LogP contribution in [0.4, 0.5) is 0 Å². The minimum absolute atomic E-state index is 0.181. The zero-order chi connectivity index (χ0) is 26.2. The SMILES string of the molecule is COC1=N[C@H](C(C)C)C(OC)=N[C@H]1C[C@@H]1O[C@H](CO)[C@@H](OCc2ccccc2)[C@@H]1OCc1ccccc1. The van der Waals surface area contributed by atoms with Gasteiger partial charge >= 0.3 is 0 Å². The Morgan fingerprint density at radius 3 is 1.81 bits per heavy atom. The number of benzene rings is 2. The van der Waals surface area contributed by atoms with Crippen LogP contribution < -0.4 is 0 Å². The summed E-state index contributed by atoms with van der Waals surface area (Å²) in [5, 5.41) is 10.2. The molecular formula is C29H38N2O6. The molecule has 8 heteroatoms. The first-order valence-electron chi connectivity index (χ1n) is 12.8. The molecule has 2 aromatic carbocycles. The quantitative estimate of drug-likeness (QED) is 0.523. The van der Waals surface area contributed by atoms with Crippen LogP contribution in [-0.4, -0.2) is 74.2 Å². The summed E-state index contributed by atoms with van der Waals surface area (Å²) in [6.07, 6.45) is -1.37. The lowest BCUT2D eigenvalue weighted by Gasteiger charge is -2.29. The lowest BCUT2D eigenvalue weighted by molar-refractivity contribution is -0.0836. The molecule has 0 spiro atoms. The summed E-state index contributed by atoms with van der Waals surface area (Å²) >= 11 is 0. The van der Waals surface area contributed by atoms with Crippen molar-refractivity contribution in [2.45, 2.75) is 70.0 Å². The second-order valence-electron chi connectivity index (χ2n) is 9.70. The summed E-state index contributed by atoms with van der Waals surface area (Å²) in [4.78, 5) is 9.63. The fourth-order valence-corrected chi connectivity index (χ4v) is 4.81. The van der Waals surface area contributed by atoms with Gasteiger partial charge < -0.3 is 28.8 Å². The van der Waals surface area contributed by atoms with Gasteiger partial charge in [0.05, 0.1) is 40.1 Å². The molecule has 1 saturated heterocycles. The van der Waals surface area contributed by atoms with Crippen LogP contribution in [0.25, 0.3) is 0 Å². The van der Waals surface area contributed by atoms with Crippen molar-refractivity contribution in [2.75, 3.05) is 20.8 Å². The molecule has 8 nitrogen and oxygen atoms in total. The Labute approximate surface area is 219 Å². The largest absolute Gasteiger partial charge is 0.483 e. The highest BCUT2D eigenvalue weighted by atomic mass is 16.6. The highest BCUT2D eigenvalue weighted by molar-refractivity contribution is 5.94. The van der Waals surface area contributed by atoms with E-state index in [1.54, 1.807) is 14.2 Å². The van der Waals surface area contributed by atoms with Gasteiger partial charge in [-0.05, 0) is 17.0 Å². The minimum atomic E-state index is -0.532. The van der Waals surface area contributed by atoms with E-state index in [9.17, 15) is 5.11 Å². The van der Waals surface area contributed by atoms with Crippen LogP contribution in [0.2, 0.25) is 0 Å². The van der Waals surface area contributed by atoms with Crippen molar-refractivity contribution in [3.8, 4) is 0 Å². The lowest BCUT2D eigenvalue weighted by Crippen LogP contribution is -2.42. The van der Waals surface area contributed by atoms with Gasteiger partial charge in [-0.1, -0.05) is 74.5 Å². The maximum absolute atomic E-state index is 10.2. The van der Waals surface area contributed by atoms with E-state index in [2.05, 4.69) is 13.8 Å². The molecule has 0 saturated carbocycles. The zero-order valence-corrected chi connectivity index (χ0v) is 22.0. The number of hydrogen-bond acceptors (Lipinski definition) is 8. The average molecular weight is 511 g/mol. The van der Waals surface area contributed by atoms with Crippen molar-refractivity contribution in [2.24, 2.45) is 15.9 Å². The Kier molecular flexibility index (Phi) is 9.68. The van der Waals surface area contributed by atoms with E-state index in [-0.39, 0.29) is 18.6 Å².